The lowest BCUT2D eigenvalue weighted by Gasteiger charge is -2.21. The van der Waals surface area contributed by atoms with Crippen LogP contribution in [0.1, 0.15) is 34.7 Å². The minimum atomic E-state index is 0.00497. The van der Waals surface area contributed by atoms with E-state index >= 15 is 0 Å². The molecule has 3 heterocycles. The molecule has 1 fully saturated rings. The Morgan fingerprint density at radius 3 is 2.58 bits per heavy atom. The molecular formula is C25H23ClN6O. The third kappa shape index (κ3) is 5.09. The topological polar surface area (TPSA) is 76.8 Å². The lowest BCUT2D eigenvalue weighted by atomic mass is 10.2. The molecule has 0 aliphatic heterocycles. The van der Waals surface area contributed by atoms with Gasteiger partial charge < -0.3 is 4.90 Å². The molecule has 4 aromatic rings. The number of pyridine rings is 2. The highest BCUT2D eigenvalue weighted by Crippen LogP contribution is 2.30. The summed E-state index contributed by atoms with van der Waals surface area (Å²) in [7, 11) is 0. The summed E-state index contributed by atoms with van der Waals surface area (Å²) >= 11 is 6.21. The van der Waals surface area contributed by atoms with Crippen LogP contribution in [0.3, 0.4) is 0 Å². The molecule has 0 bridgehead atoms. The summed E-state index contributed by atoms with van der Waals surface area (Å²) in [6.07, 6.45) is 6.14. The molecule has 33 heavy (non-hydrogen) atoms. The molecular weight excluding hydrogens is 436 g/mol. The van der Waals surface area contributed by atoms with Gasteiger partial charge in [-0.3, -0.25) is 14.8 Å². The summed E-state index contributed by atoms with van der Waals surface area (Å²) in [5.74, 6) is 1.22. The van der Waals surface area contributed by atoms with Crippen molar-refractivity contribution in [2.75, 3.05) is 0 Å². The lowest BCUT2D eigenvalue weighted by Crippen LogP contribution is -2.33. The molecule has 1 saturated carbocycles. The highest BCUT2D eigenvalue weighted by molar-refractivity contribution is 6.30. The van der Waals surface area contributed by atoms with Crippen molar-refractivity contribution in [1.82, 2.24) is 29.6 Å². The number of rotatable bonds is 8. The number of benzene rings is 1. The molecule has 3 aromatic heterocycles. The third-order valence-electron chi connectivity index (χ3n) is 5.55. The Morgan fingerprint density at radius 1 is 1.03 bits per heavy atom. The Bertz CT molecular complexity index is 1240. The van der Waals surface area contributed by atoms with Crippen LogP contribution in [0, 0.1) is 0 Å². The number of aromatic nitrogens is 5. The van der Waals surface area contributed by atoms with Crippen LogP contribution in [-0.2, 0) is 19.5 Å². The van der Waals surface area contributed by atoms with E-state index in [0.717, 1.165) is 18.5 Å². The number of carbonyl (C=O) groups excluding carboxylic acids is 1. The van der Waals surface area contributed by atoms with E-state index in [1.165, 1.54) is 0 Å². The van der Waals surface area contributed by atoms with E-state index in [1.54, 1.807) is 24.5 Å². The Kier molecular flexibility index (Phi) is 6.13. The van der Waals surface area contributed by atoms with Crippen molar-refractivity contribution < 1.29 is 4.79 Å². The van der Waals surface area contributed by atoms with Gasteiger partial charge in [-0.1, -0.05) is 35.9 Å². The first-order valence-corrected chi connectivity index (χ1v) is 11.4. The number of carbonyl (C=O) groups is 1. The number of halogens is 1. The number of nitrogens with zero attached hydrogens (tertiary/aromatic N) is 6. The standard InChI is InChI=1S/C25H23ClN6O/c26-19-11-14-28-22(16-19)24-29-23(30-32(24)15-12-20-8-4-5-13-27-20)17-31(21-9-10-21)25(33)18-6-2-1-3-7-18/h1-8,11,13-14,16,21H,9-10,12,15,17H2. The van der Waals surface area contributed by atoms with Gasteiger partial charge in [0.25, 0.3) is 5.91 Å². The maximum atomic E-state index is 13.2. The van der Waals surface area contributed by atoms with E-state index in [0.29, 0.717) is 47.4 Å². The summed E-state index contributed by atoms with van der Waals surface area (Å²) in [4.78, 5) is 28.7. The van der Waals surface area contributed by atoms with Gasteiger partial charge in [0.2, 0.25) is 0 Å². The molecule has 0 atom stereocenters. The Morgan fingerprint density at radius 2 is 1.85 bits per heavy atom. The minimum absolute atomic E-state index is 0.00497. The van der Waals surface area contributed by atoms with Gasteiger partial charge in [0.05, 0.1) is 6.54 Å². The fourth-order valence-electron chi connectivity index (χ4n) is 3.75. The van der Waals surface area contributed by atoms with E-state index in [9.17, 15) is 4.79 Å². The minimum Gasteiger partial charge on any atom is -0.328 e. The molecule has 1 aromatic carbocycles. The molecule has 166 valence electrons. The van der Waals surface area contributed by atoms with Crippen molar-refractivity contribution in [3.8, 4) is 11.5 Å². The van der Waals surface area contributed by atoms with Crippen molar-refractivity contribution in [2.24, 2.45) is 0 Å². The number of amides is 1. The molecule has 1 aliphatic rings. The van der Waals surface area contributed by atoms with Gasteiger partial charge in [-0.25, -0.2) is 9.67 Å². The van der Waals surface area contributed by atoms with Crippen LogP contribution in [0.4, 0.5) is 0 Å². The van der Waals surface area contributed by atoms with Crippen LogP contribution in [0.2, 0.25) is 5.02 Å². The molecule has 0 saturated heterocycles. The van der Waals surface area contributed by atoms with Crippen molar-refractivity contribution in [3.63, 3.8) is 0 Å². The molecule has 1 aliphatic carbocycles. The van der Waals surface area contributed by atoms with Gasteiger partial charge in [-0.05, 0) is 49.2 Å². The second-order valence-electron chi connectivity index (χ2n) is 8.04. The van der Waals surface area contributed by atoms with Gasteiger partial charge in [-0.2, -0.15) is 5.10 Å². The van der Waals surface area contributed by atoms with Gasteiger partial charge in [0, 0.05) is 47.7 Å². The fraction of sp³-hybridized carbons (Fsp3) is 0.240. The quantitative estimate of drug-likeness (QED) is 0.390. The second-order valence-corrected chi connectivity index (χ2v) is 8.47. The maximum Gasteiger partial charge on any atom is 0.254 e. The highest BCUT2D eigenvalue weighted by atomic mass is 35.5. The largest absolute Gasteiger partial charge is 0.328 e. The van der Waals surface area contributed by atoms with Gasteiger partial charge in [0.15, 0.2) is 11.6 Å². The van der Waals surface area contributed by atoms with Crippen LogP contribution < -0.4 is 0 Å². The first-order chi connectivity index (χ1) is 16.2. The highest BCUT2D eigenvalue weighted by Gasteiger charge is 2.34. The lowest BCUT2D eigenvalue weighted by molar-refractivity contribution is 0.0725. The molecule has 0 unspecified atom stereocenters. The Labute approximate surface area is 197 Å². The van der Waals surface area contributed by atoms with E-state index in [2.05, 4.69) is 9.97 Å². The maximum absolute atomic E-state index is 13.2. The van der Waals surface area contributed by atoms with Gasteiger partial charge in [-0.15, -0.1) is 0 Å². The van der Waals surface area contributed by atoms with Crippen LogP contribution in [0.5, 0.6) is 0 Å². The van der Waals surface area contributed by atoms with Crippen molar-refractivity contribution in [1.29, 1.82) is 0 Å². The third-order valence-corrected chi connectivity index (χ3v) is 5.79. The summed E-state index contributed by atoms with van der Waals surface area (Å²) in [5, 5.41) is 5.34. The number of hydrogen-bond donors (Lipinski definition) is 0. The Hall–Kier alpha value is -3.58. The van der Waals surface area contributed by atoms with E-state index < -0.39 is 0 Å². The van der Waals surface area contributed by atoms with Gasteiger partial charge >= 0.3 is 0 Å². The zero-order chi connectivity index (χ0) is 22.6. The number of aryl methyl sites for hydroxylation is 2. The SMILES string of the molecule is O=C(c1ccccc1)N(Cc1nc(-c2cc(Cl)ccn2)n(CCc2ccccn2)n1)C1CC1. The predicted molar refractivity (Wildman–Crippen MR) is 126 cm³/mol. The molecule has 0 N–H and O–H groups in total. The monoisotopic (exact) mass is 458 g/mol. The zero-order valence-corrected chi connectivity index (χ0v) is 18.8. The summed E-state index contributed by atoms with van der Waals surface area (Å²) < 4.78 is 1.83. The first kappa shape index (κ1) is 21.3. The molecule has 7 nitrogen and oxygen atoms in total. The molecule has 1 amide bonds. The number of hydrogen-bond acceptors (Lipinski definition) is 5. The first-order valence-electron chi connectivity index (χ1n) is 11.0. The predicted octanol–water partition coefficient (Wildman–Crippen LogP) is 4.44. The average Bonchev–Trinajstić information content (AvgIpc) is 3.62. The molecule has 0 radical (unpaired) electrons. The second kappa shape index (κ2) is 9.50. The average molecular weight is 459 g/mol. The van der Waals surface area contributed by atoms with Crippen LogP contribution in [0.25, 0.3) is 11.5 Å². The summed E-state index contributed by atoms with van der Waals surface area (Å²) in [6.45, 7) is 0.937. The van der Waals surface area contributed by atoms with Crippen molar-refractivity contribution >= 4 is 17.5 Å². The van der Waals surface area contributed by atoms with Crippen molar-refractivity contribution in [2.45, 2.75) is 38.4 Å². The molecule has 0 spiro atoms. The smallest absolute Gasteiger partial charge is 0.254 e. The zero-order valence-electron chi connectivity index (χ0n) is 18.0. The van der Waals surface area contributed by atoms with E-state index in [1.807, 2.05) is 58.1 Å². The fourth-order valence-corrected chi connectivity index (χ4v) is 3.91. The van der Waals surface area contributed by atoms with Crippen LogP contribution >= 0.6 is 11.6 Å². The Balaban J connectivity index is 1.43. The van der Waals surface area contributed by atoms with Gasteiger partial charge in [0.1, 0.15) is 5.69 Å². The van der Waals surface area contributed by atoms with E-state index in [-0.39, 0.29) is 11.9 Å². The van der Waals surface area contributed by atoms with E-state index in [4.69, 9.17) is 21.7 Å². The molecule has 8 heteroatoms. The van der Waals surface area contributed by atoms with Crippen molar-refractivity contribution in [3.05, 3.63) is 95.2 Å². The van der Waals surface area contributed by atoms with Crippen LogP contribution in [0.15, 0.2) is 73.1 Å². The summed E-state index contributed by atoms with van der Waals surface area (Å²) in [6, 6.07) is 19.0. The van der Waals surface area contributed by atoms with Crippen LogP contribution in [-0.4, -0.2) is 41.6 Å². The molecule has 5 rings (SSSR count). The normalized spacial score (nSPS) is 13.1. The summed E-state index contributed by atoms with van der Waals surface area (Å²) in [5.41, 5.74) is 2.30.